The normalized spacial score (nSPS) is 26.9. The van der Waals surface area contributed by atoms with Gasteiger partial charge in [0, 0.05) is 25.7 Å². The maximum Gasteiger partial charge on any atom is 0.160 e. The molecule has 2 unspecified atom stereocenters. The Kier molecular flexibility index (Phi) is 5.68. The lowest BCUT2D eigenvalue weighted by Gasteiger charge is -2.17. The van der Waals surface area contributed by atoms with E-state index in [1.807, 2.05) is 0 Å². The first-order valence-corrected chi connectivity index (χ1v) is 7.40. The van der Waals surface area contributed by atoms with E-state index in [2.05, 4.69) is 23.4 Å². The van der Waals surface area contributed by atoms with Gasteiger partial charge in [0.1, 0.15) is 0 Å². The number of fused-ring (bicyclic) bond motifs is 1. The Morgan fingerprint density at radius 3 is 2.75 bits per heavy atom. The second-order valence-electron chi connectivity index (χ2n) is 5.41. The molecule has 0 spiro atoms. The number of methoxy groups -OCH3 is 1. The Morgan fingerprint density at radius 2 is 2.10 bits per heavy atom. The lowest BCUT2D eigenvalue weighted by Crippen LogP contribution is -2.30. The Hall–Kier alpha value is -1.26. The first-order valence-electron chi connectivity index (χ1n) is 7.40. The summed E-state index contributed by atoms with van der Waals surface area (Å²) >= 11 is 0. The molecular weight excluding hydrogens is 252 g/mol. The summed E-state index contributed by atoms with van der Waals surface area (Å²) in [4.78, 5) is 2.53. The molecule has 0 aromatic carbocycles. The van der Waals surface area contributed by atoms with E-state index in [0.29, 0.717) is 18.1 Å². The van der Waals surface area contributed by atoms with Crippen molar-refractivity contribution < 1.29 is 9.47 Å². The molecule has 0 aromatic heterocycles. The van der Waals surface area contributed by atoms with E-state index in [-0.39, 0.29) is 0 Å². The van der Waals surface area contributed by atoms with Gasteiger partial charge in [-0.3, -0.25) is 0 Å². The SMILES string of the molecule is C=CC(OC)=C(C=C)OCCCN1CC2CCNC2C1. The summed E-state index contributed by atoms with van der Waals surface area (Å²) in [5.41, 5.74) is 0. The van der Waals surface area contributed by atoms with Crippen LogP contribution in [-0.2, 0) is 9.47 Å². The van der Waals surface area contributed by atoms with Crippen LogP contribution in [0.4, 0.5) is 0 Å². The number of likely N-dealkylation sites (tertiary alicyclic amines) is 1. The van der Waals surface area contributed by atoms with Crippen LogP contribution in [0.25, 0.3) is 0 Å². The van der Waals surface area contributed by atoms with Crippen LogP contribution in [0.2, 0.25) is 0 Å². The van der Waals surface area contributed by atoms with Crippen molar-refractivity contribution >= 4 is 0 Å². The van der Waals surface area contributed by atoms with E-state index >= 15 is 0 Å². The highest BCUT2D eigenvalue weighted by Crippen LogP contribution is 2.24. The van der Waals surface area contributed by atoms with Crippen molar-refractivity contribution in [2.75, 3.05) is 39.9 Å². The van der Waals surface area contributed by atoms with Gasteiger partial charge in [-0.15, -0.1) is 0 Å². The fourth-order valence-electron chi connectivity index (χ4n) is 3.11. The molecule has 0 bridgehead atoms. The molecule has 4 nitrogen and oxygen atoms in total. The Bertz CT molecular complexity index is 367. The molecule has 1 N–H and O–H groups in total. The van der Waals surface area contributed by atoms with Gasteiger partial charge in [0.25, 0.3) is 0 Å². The standard InChI is InChI=1S/C16H26N2O2/c1-4-15(19-3)16(5-2)20-10-6-9-18-11-13-7-8-17-14(13)12-18/h4-5,13-14,17H,1-2,6-12H2,3H3. The van der Waals surface area contributed by atoms with Crippen molar-refractivity contribution in [1.82, 2.24) is 10.2 Å². The second-order valence-corrected chi connectivity index (χ2v) is 5.41. The van der Waals surface area contributed by atoms with E-state index in [4.69, 9.17) is 9.47 Å². The molecule has 2 saturated heterocycles. The zero-order valence-electron chi connectivity index (χ0n) is 12.4. The predicted molar refractivity (Wildman–Crippen MR) is 81.3 cm³/mol. The van der Waals surface area contributed by atoms with Crippen LogP contribution in [0.5, 0.6) is 0 Å². The monoisotopic (exact) mass is 278 g/mol. The average Bonchev–Trinajstić information content (AvgIpc) is 3.03. The van der Waals surface area contributed by atoms with Crippen LogP contribution in [0.3, 0.4) is 0 Å². The molecule has 2 aliphatic heterocycles. The van der Waals surface area contributed by atoms with Crippen molar-refractivity contribution in [3.8, 4) is 0 Å². The van der Waals surface area contributed by atoms with Crippen LogP contribution in [0, 0.1) is 5.92 Å². The summed E-state index contributed by atoms with van der Waals surface area (Å²) < 4.78 is 10.9. The highest BCUT2D eigenvalue weighted by molar-refractivity contribution is 5.21. The first kappa shape index (κ1) is 15.1. The highest BCUT2D eigenvalue weighted by Gasteiger charge is 2.35. The topological polar surface area (TPSA) is 33.7 Å². The molecule has 2 rings (SSSR count). The number of hydrogen-bond donors (Lipinski definition) is 1. The smallest absolute Gasteiger partial charge is 0.160 e. The highest BCUT2D eigenvalue weighted by atomic mass is 16.5. The van der Waals surface area contributed by atoms with Gasteiger partial charge in [0.2, 0.25) is 0 Å². The summed E-state index contributed by atoms with van der Waals surface area (Å²) in [6.07, 6.45) is 5.66. The minimum absolute atomic E-state index is 0.639. The second kappa shape index (κ2) is 7.50. The van der Waals surface area contributed by atoms with Crippen molar-refractivity contribution in [3.63, 3.8) is 0 Å². The number of ether oxygens (including phenoxy) is 2. The van der Waals surface area contributed by atoms with E-state index in [1.54, 1.807) is 19.3 Å². The minimum atomic E-state index is 0.639. The molecule has 2 aliphatic rings. The zero-order chi connectivity index (χ0) is 14.4. The Balaban J connectivity index is 1.67. The molecule has 0 radical (unpaired) electrons. The van der Waals surface area contributed by atoms with Crippen molar-refractivity contribution in [3.05, 3.63) is 36.8 Å². The minimum Gasteiger partial charge on any atom is -0.493 e. The molecule has 2 fully saturated rings. The number of hydrogen-bond acceptors (Lipinski definition) is 4. The van der Waals surface area contributed by atoms with Gasteiger partial charge >= 0.3 is 0 Å². The van der Waals surface area contributed by atoms with Gasteiger partial charge in [-0.05, 0) is 37.5 Å². The molecule has 20 heavy (non-hydrogen) atoms. The largest absolute Gasteiger partial charge is 0.493 e. The van der Waals surface area contributed by atoms with Crippen molar-refractivity contribution in [2.24, 2.45) is 5.92 Å². The first-order chi connectivity index (χ1) is 9.78. The molecule has 0 amide bonds. The number of nitrogens with one attached hydrogen (secondary N) is 1. The van der Waals surface area contributed by atoms with Crippen LogP contribution in [0.15, 0.2) is 36.8 Å². The summed E-state index contributed by atoms with van der Waals surface area (Å²) in [6, 6.07) is 0.723. The zero-order valence-corrected chi connectivity index (χ0v) is 12.4. The van der Waals surface area contributed by atoms with Crippen LogP contribution < -0.4 is 5.32 Å². The number of allylic oxidation sites excluding steroid dienone is 2. The summed E-state index contributed by atoms with van der Waals surface area (Å²) in [7, 11) is 1.61. The quantitative estimate of drug-likeness (QED) is 0.418. The van der Waals surface area contributed by atoms with Gasteiger partial charge in [-0.25, -0.2) is 0 Å². The van der Waals surface area contributed by atoms with E-state index in [0.717, 1.165) is 24.9 Å². The fourth-order valence-corrected chi connectivity index (χ4v) is 3.11. The Morgan fingerprint density at radius 1 is 1.30 bits per heavy atom. The van der Waals surface area contributed by atoms with Gasteiger partial charge < -0.3 is 19.7 Å². The summed E-state index contributed by atoms with van der Waals surface area (Å²) in [6.45, 7) is 12.8. The summed E-state index contributed by atoms with van der Waals surface area (Å²) in [5, 5.41) is 3.58. The number of nitrogens with zero attached hydrogens (tertiary/aromatic N) is 1. The van der Waals surface area contributed by atoms with Crippen molar-refractivity contribution in [1.29, 1.82) is 0 Å². The molecule has 4 heteroatoms. The van der Waals surface area contributed by atoms with E-state index < -0.39 is 0 Å². The van der Waals surface area contributed by atoms with Crippen LogP contribution in [0.1, 0.15) is 12.8 Å². The molecule has 0 aromatic rings. The molecule has 2 heterocycles. The predicted octanol–water partition coefficient (Wildman–Crippen LogP) is 1.92. The lowest BCUT2D eigenvalue weighted by atomic mass is 10.1. The van der Waals surface area contributed by atoms with Crippen LogP contribution in [-0.4, -0.2) is 50.8 Å². The Labute approximate surface area is 122 Å². The maximum atomic E-state index is 5.71. The maximum absolute atomic E-state index is 5.71. The van der Waals surface area contributed by atoms with Gasteiger partial charge in [-0.2, -0.15) is 0 Å². The van der Waals surface area contributed by atoms with Crippen molar-refractivity contribution in [2.45, 2.75) is 18.9 Å². The van der Waals surface area contributed by atoms with E-state index in [9.17, 15) is 0 Å². The van der Waals surface area contributed by atoms with Crippen LogP contribution >= 0.6 is 0 Å². The third-order valence-electron chi connectivity index (χ3n) is 4.15. The molecule has 0 aliphatic carbocycles. The molecule has 112 valence electrons. The number of rotatable bonds is 8. The third-order valence-corrected chi connectivity index (χ3v) is 4.15. The lowest BCUT2D eigenvalue weighted by molar-refractivity contribution is 0.177. The van der Waals surface area contributed by atoms with Gasteiger partial charge in [-0.1, -0.05) is 13.2 Å². The van der Waals surface area contributed by atoms with Gasteiger partial charge in [0.15, 0.2) is 11.5 Å². The summed E-state index contributed by atoms with van der Waals surface area (Å²) in [5.74, 6) is 2.17. The fraction of sp³-hybridized carbons (Fsp3) is 0.625. The van der Waals surface area contributed by atoms with E-state index in [1.165, 1.54) is 26.1 Å². The molecule has 0 saturated carbocycles. The average molecular weight is 278 g/mol. The molecule has 2 atom stereocenters. The third kappa shape index (κ3) is 3.64. The van der Waals surface area contributed by atoms with Gasteiger partial charge in [0.05, 0.1) is 13.7 Å². The molecular formula is C16H26N2O2.